The van der Waals surface area contributed by atoms with Crippen LogP contribution >= 0.6 is 0 Å². The van der Waals surface area contributed by atoms with Crippen LogP contribution in [0.15, 0.2) is 24.3 Å². The van der Waals surface area contributed by atoms with Crippen molar-refractivity contribution in [2.75, 3.05) is 19.7 Å². The molecule has 0 radical (unpaired) electrons. The lowest BCUT2D eigenvalue weighted by molar-refractivity contribution is -0.141. The van der Waals surface area contributed by atoms with Gasteiger partial charge in [-0.1, -0.05) is 44.4 Å². The van der Waals surface area contributed by atoms with Crippen molar-refractivity contribution in [2.45, 2.75) is 45.4 Å². The van der Waals surface area contributed by atoms with E-state index in [4.69, 9.17) is 9.84 Å². The summed E-state index contributed by atoms with van der Waals surface area (Å²) >= 11 is 0. The Kier molecular flexibility index (Phi) is 7.09. The molecule has 1 amide bonds. The van der Waals surface area contributed by atoms with Crippen molar-refractivity contribution in [1.29, 1.82) is 0 Å². The van der Waals surface area contributed by atoms with Gasteiger partial charge in [0.1, 0.15) is 5.75 Å². The molecule has 132 valence electrons. The van der Waals surface area contributed by atoms with Crippen molar-refractivity contribution in [3.05, 3.63) is 29.8 Å². The molecule has 1 aromatic rings. The molecule has 1 heterocycles. The molecule has 1 fully saturated rings. The van der Waals surface area contributed by atoms with Gasteiger partial charge in [0.2, 0.25) is 5.91 Å². The molecule has 1 aliphatic rings. The molecule has 24 heavy (non-hydrogen) atoms. The van der Waals surface area contributed by atoms with Gasteiger partial charge in [-0.2, -0.15) is 0 Å². The van der Waals surface area contributed by atoms with Crippen LogP contribution in [0.4, 0.5) is 0 Å². The number of unbranched alkanes of at least 4 members (excludes halogenated alkanes) is 3. The normalized spacial score (nSPS) is 17.3. The summed E-state index contributed by atoms with van der Waals surface area (Å²) in [4.78, 5) is 24.6. The predicted molar refractivity (Wildman–Crippen MR) is 92.1 cm³/mol. The predicted octanol–water partition coefficient (Wildman–Crippen LogP) is 3.12. The van der Waals surface area contributed by atoms with Crippen LogP contribution < -0.4 is 4.74 Å². The van der Waals surface area contributed by atoms with E-state index in [2.05, 4.69) is 6.92 Å². The maximum atomic E-state index is 11.9. The van der Waals surface area contributed by atoms with Gasteiger partial charge < -0.3 is 14.7 Å². The standard InChI is InChI=1S/C19H27NO4/c1-2-3-4-7-12-24-17-9-6-5-8-15(17)10-11-20-14-16(19(22)23)13-18(20)21/h5-6,8-9,16H,2-4,7,10-14H2,1H3,(H,22,23). The number of carbonyl (C=O) groups excluding carboxylic acids is 1. The molecule has 1 unspecified atom stereocenters. The fourth-order valence-electron chi connectivity index (χ4n) is 2.97. The number of hydrogen-bond acceptors (Lipinski definition) is 3. The van der Waals surface area contributed by atoms with Gasteiger partial charge in [0.05, 0.1) is 12.5 Å². The van der Waals surface area contributed by atoms with Crippen molar-refractivity contribution < 1.29 is 19.4 Å². The second-order valence-electron chi connectivity index (χ2n) is 6.35. The number of nitrogens with zero attached hydrogens (tertiary/aromatic N) is 1. The van der Waals surface area contributed by atoms with E-state index in [-0.39, 0.29) is 12.3 Å². The fourth-order valence-corrected chi connectivity index (χ4v) is 2.97. The highest BCUT2D eigenvalue weighted by molar-refractivity contribution is 5.86. The highest BCUT2D eigenvalue weighted by atomic mass is 16.5. The number of carboxylic acid groups (broad SMARTS) is 1. The van der Waals surface area contributed by atoms with Crippen LogP contribution in [0.25, 0.3) is 0 Å². The lowest BCUT2D eigenvalue weighted by Crippen LogP contribution is -2.28. The molecule has 0 aromatic heterocycles. The highest BCUT2D eigenvalue weighted by Gasteiger charge is 2.33. The van der Waals surface area contributed by atoms with Crippen molar-refractivity contribution in [1.82, 2.24) is 4.90 Å². The molecule has 1 aliphatic heterocycles. The highest BCUT2D eigenvalue weighted by Crippen LogP contribution is 2.22. The quantitative estimate of drug-likeness (QED) is 0.668. The van der Waals surface area contributed by atoms with Crippen LogP contribution in [-0.2, 0) is 16.0 Å². The number of hydrogen-bond donors (Lipinski definition) is 1. The average molecular weight is 333 g/mol. The molecule has 1 N–H and O–H groups in total. The fraction of sp³-hybridized carbons (Fsp3) is 0.579. The first-order chi connectivity index (χ1) is 11.6. The summed E-state index contributed by atoms with van der Waals surface area (Å²) < 4.78 is 5.89. The van der Waals surface area contributed by atoms with E-state index in [1.807, 2.05) is 24.3 Å². The topological polar surface area (TPSA) is 66.8 Å². The molecule has 5 nitrogen and oxygen atoms in total. The Morgan fingerprint density at radius 1 is 1.29 bits per heavy atom. The molecule has 0 aliphatic carbocycles. The average Bonchev–Trinajstić information content (AvgIpc) is 2.95. The van der Waals surface area contributed by atoms with Gasteiger partial charge in [0.15, 0.2) is 0 Å². The maximum absolute atomic E-state index is 11.9. The minimum Gasteiger partial charge on any atom is -0.493 e. The van der Waals surface area contributed by atoms with Gasteiger partial charge in [0, 0.05) is 19.5 Å². The first kappa shape index (κ1) is 18.3. The minimum absolute atomic E-state index is 0.0691. The number of benzene rings is 1. The van der Waals surface area contributed by atoms with Crippen molar-refractivity contribution in [2.24, 2.45) is 5.92 Å². The number of aliphatic carboxylic acids is 1. The second kappa shape index (κ2) is 9.30. The molecular formula is C19H27NO4. The van der Waals surface area contributed by atoms with E-state index in [0.717, 1.165) is 17.7 Å². The Hall–Kier alpha value is -2.04. The number of para-hydroxylation sites is 1. The Labute approximate surface area is 143 Å². The van der Waals surface area contributed by atoms with Crippen LogP contribution in [0.1, 0.15) is 44.6 Å². The lowest BCUT2D eigenvalue weighted by Gasteiger charge is -2.17. The Morgan fingerprint density at radius 3 is 2.79 bits per heavy atom. The van der Waals surface area contributed by atoms with Crippen LogP contribution in [0.2, 0.25) is 0 Å². The summed E-state index contributed by atoms with van der Waals surface area (Å²) in [5.74, 6) is -0.653. The van der Waals surface area contributed by atoms with Gasteiger partial charge in [-0.15, -0.1) is 0 Å². The Morgan fingerprint density at radius 2 is 2.08 bits per heavy atom. The largest absolute Gasteiger partial charge is 0.493 e. The first-order valence-electron chi connectivity index (χ1n) is 8.83. The van der Waals surface area contributed by atoms with Crippen molar-refractivity contribution in [3.8, 4) is 5.75 Å². The summed E-state index contributed by atoms with van der Waals surface area (Å²) in [7, 11) is 0. The number of rotatable bonds is 10. The summed E-state index contributed by atoms with van der Waals surface area (Å²) in [6.45, 7) is 3.75. The third kappa shape index (κ3) is 5.25. The second-order valence-corrected chi connectivity index (χ2v) is 6.35. The van der Waals surface area contributed by atoms with Gasteiger partial charge in [-0.25, -0.2) is 0 Å². The monoisotopic (exact) mass is 333 g/mol. The smallest absolute Gasteiger partial charge is 0.308 e. The number of likely N-dealkylation sites (tertiary alicyclic amines) is 1. The lowest BCUT2D eigenvalue weighted by atomic mass is 10.1. The van der Waals surface area contributed by atoms with Crippen LogP contribution in [0.3, 0.4) is 0 Å². The number of carboxylic acids is 1. The van der Waals surface area contributed by atoms with E-state index < -0.39 is 11.9 Å². The number of amides is 1. The zero-order chi connectivity index (χ0) is 17.4. The maximum Gasteiger partial charge on any atom is 0.308 e. The molecule has 0 saturated carbocycles. The van der Waals surface area contributed by atoms with Gasteiger partial charge in [-0.05, 0) is 24.5 Å². The van der Waals surface area contributed by atoms with Crippen LogP contribution in [0, 0.1) is 5.92 Å². The van der Waals surface area contributed by atoms with Crippen molar-refractivity contribution >= 4 is 11.9 Å². The van der Waals surface area contributed by atoms with E-state index in [9.17, 15) is 9.59 Å². The summed E-state index contributed by atoms with van der Waals surface area (Å²) in [5, 5.41) is 9.04. The molecule has 1 saturated heterocycles. The Balaban J connectivity index is 1.84. The van der Waals surface area contributed by atoms with Gasteiger partial charge in [0.25, 0.3) is 0 Å². The molecule has 1 aromatic carbocycles. The van der Waals surface area contributed by atoms with E-state index in [1.165, 1.54) is 19.3 Å². The summed E-state index contributed by atoms with van der Waals surface area (Å²) in [6.07, 6.45) is 5.46. The van der Waals surface area contributed by atoms with Gasteiger partial charge >= 0.3 is 5.97 Å². The van der Waals surface area contributed by atoms with Crippen LogP contribution in [-0.4, -0.2) is 41.6 Å². The zero-order valence-electron chi connectivity index (χ0n) is 14.4. The molecule has 5 heteroatoms. The summed E-state index contributed by atoms with van der Waals surface area (Å²) in [6, 6.07) is 7.88. The minimum atomic E-state index is -0.887. The van der Waals surface area contributed by atoms with Gasteiger partial charge in [-0.3, -0.25) is 9.59 Å². The van der Waals surface area contributed by atoms with E-state index in [0.29, 0.717) is 26.1 Å². The van der Waals surface area contributed by atoms with Crippen molar-refractivity contribution in [3.63, 3.8) is 0 Å². The number of ether oxygens (including phenoxy) is 1. The zero-order valence-corrected chi connectivity index (χ0v) is 14.4. The van der Waals surface area contributed by atoms with E-state index in [1.54, 1.807) is 4.90 Å². The molecule has 1 atom stereocenters. The molecular weight excluding hydrogens is 306 g/mol. The first-order valence-corrected chi connectivity index (χ1v) is 8.83. The third-order valence-corrected chi connectivity index (χ3v) is 4.44. The van der Waals surface area contributed by atoms with E-state index >= 15 is 0 Å². The SMILES string of the molecule is CCCCCCOc1ccccc1CCN1CC(C(=O)O)CC1=O. The number of carbonyl (C=O) groups is 2. The molecule has 0 spiro atoms. The Bertz CT molecular complexity index is 558. The molecule has 0 bridgehead atoms. The summed E-state index contributed by atoms with van der Waals surface area (Å²) in [5.41, 5.74) is 1.07. The molecule has 2 rings (SSSR count). The van der Waals surface area contributed by atoms with Crippen LogP contribution in [0.5, 0.6) is 5.75 Å². The third-order valence-electron chi connectivity index (χ3n) is 4.44.